The molecule has 1 heterocycles. The van der Waals surface area contributed by atoms with Crippen molar-refractivity contribution < 1.29 is 24.1 Å². The molecule has 0 bridgehead atoms. The topological polar surface area (TPSA) is 101 Å². The number of benzene rings is 2. The number of anilines is 1. The van der Waals surface area contributed by atoms with E-state index in [1.54, 1.807) is 32.4 Å². The summed E-state index contributed by atoms with van der Waals surface area (Å²) in [6.45, 7) is 1.10. The lowest BCUT2D eigenvalue weighted by atomic mass is 9.85. The lowest BCUT2D eigenvalue weighted by Crippen LogP contribution is -2.32. The minimum absolute atomic E-state index is 0.0801. The van der Waals surface area contributed by atoms with E-state index >= 15 is 0 Å². The Morgan fingerprint density at radius 2 is 1.74 bits per heavy atom. The van der Waals surface area contributed by atoms with Crippen molar-refractivity contribution in [3.05, 3.63) is 65.9 Å². The van der Waals surface area contributed by atoms with Crippen LogP contribution in [0, 0.1) is 11.3 Å². The largest absolute Gasteiger partial charge is 0.515 e. The van der Waals surface area contributed by atoms with Gasteiger partial charge in [0.05, 0.1) is 20.5 Å². The van der Waals surface area contributed by atoms with Crippen LogP contribution in [-0.2, 0) is 9.53 Å². The summed E-state index contributed by atoms with van der Waals surface area (Å²) < 4.78 is 16.0. The molecule has 1 saturated heterocycles. The molecule has 0 radical (unpaired) electrons. The maximum Gasteiger partial charge on any atom is 0.207 e. The van der Waals surface area contributed by atoms with Crippen molar-refractivity contribution in [1.29, 1.82) is 5.41 Å². The minimum Gasteiger partial charge on any atom is -0.515 e. The molecule has 2 aromatic rings. The summed E-state index contributed by atoms with van der Waals surface area (Å²) in [6, 6.07) is 13.7. The van der Waals surface area contributed by atoms with Gasteiger partial charge in [-0.3, -0.25) is 10.2 Å². The van der Waals surface area contributed by atoms with Crippen LogP contribution in [0.15, 0.2) is 60.4 Å². The molecule has 1 aliphatic rings. The second-order valence-corrected chi connectivity index (χ2v) is 7.30. The van der Waals surface area contributed by atoms with Gasteiger partial charge in [-0.25, -0.2) is 0 Å². The summed E-state index contributed by atoms with van der Waals surface area (Å²) in [5, 5.41) is 21.6. The highest BCUT2D eigenvalue weighted by Gasteiger charge is 2.30. The number of rotatable bonds is 9. The summed E-state index contributed by atoms with van der Waals surface area (Å²) in [5.74, 6) is 0.645. The van der Waals surface area contributed by atoms with Crippen molar-refractivity contribution in [3.8, 4) is 11.5 Å². The third-order valence-corrected chi connectivity index (χ3v) is 5.39. The molecule has 1 unspecified atom stereocenters. The monoisotopic (exact) mass is 424 g/mol. The van der Waals surface area contributed by atoms with Gasteiger partial charge in [0.15, 0.2) is 0 Å². The molecule has 3 rings (SSSR count). The number of allylic oxidation sites excluding steroid dienone is 1. The van der Waals surface area contributed by atoms with Crippen molar-refractivity contribution in [2.45, 2.75) is 18.9 Å². The van der Waals surface area contributed by atoms with Crippen LogP contribution < -0.4 is 14.8 Å². The van der Waals surface area contributed by atoms with Gasteiger partial charge >= 0.3 is 0 Å². The minimum atomic E-state index is -0.819. The molecule has 3 N–H and O–H groups in total. The normalized spacial score (nSPS) is 15.7. The molecular weight excluding hydrogens is 396 g/mol. The fourth-order valence-electron chi connectivity index (χ4n) is 3.67. The number of aliphatic hydroxyl groups excluding tert-OH is 1. The highest BCUT2D eigenvalue weighted by atomic mass is 16.5. The first-order chi connectivity index (χ1) is 15.1. The molecule has 0 spiro atoms. The number of carbonyl (C=O) groups excluding carboxylic acids is 1. The third-order valence-electron chi connectivity index (χ3n) is 5.39. The fourth-order valence-corrected chi connectivity index (χ4v) is 3.67. The van der Waals surface area contributed by atoms with E-state index < -0.39 is 11.8 Å². The number of ketones is 1. The maximum atomic E-state index is 13.5. The Hall–Kier alpha value is -3.32. The zero-order valence-electron chi connectivity index (χ0n) is 17.8. The number of Topliss-reactive ketones (excluding diaryl/α,β-unsaturated/α-hetero) is 1. The molecular formula is C24H28N2O5. The fraction of sp³-hybridized carbons (Fsp3) is 0.333. The number of carbonyl (C=O) groups is 1. The van der Waals surface area contributed by atoms with Crippen molar-refractivity contribution in [2.75, 3.05) is 32.8 Å². The number of aliphatic hydroxyl groups is 1. The SMILES string of the molecule is COc1cc(NC(C(=O)C(=N)/C(=C\O)C2CCOCC2)c2ccccc2)cc(OC)c1. The molecule has 1 atom stereocenters. The lowest BCUT2D eigenvalue weighted by molar-refractivity contribution is -0.113. The van der Waals surface area contributed by atoms with Crippen LogP contribution in [0.1, 0.15) is 24.4 Å². The van der Waals surface area contributed by atoms with E-state index in [9.17, 15) is 9.90 Å². The van der Waals surface area contributed by atoms with Gasteiger partial charge in [-0.05, 0) is 24.3 Å². The van der Waals surface area contributed by atoms with Crippen LogP contribution in [0.25, 0.3) is 0 Å². The first-order valence-corrected chi connectivity index (χ1v) is 10.2. The molecule has 1 aliphatic heterocycles. The summed E-state index contributed by atoms with van der Waals surface area (Å²) in [7, 11) is 3.11. The molecule has 7 nitrogen and oxygen atoms in total. The highest BCUT2D eigenvalue weighted by Crippen LogP contribution is 2.31. The molecule has 7 heteroatoms. The van der Waals surface area contributed by atoms with Gasteiger partial charge in [0.25, 0.3) is 0 Å². The average molecular weight is 424 g/mol. The van der Waals surface area contributed by atoms with Crippen molar-refractivity contribution >= 4 is 17.2 Å². The van der Waals surface area contributed by atoms with E-state index in [4.69, 9.17) is 19.6 Å². The van der Waals surface area contributed by atoms with Crippen LogP contribution in [0.3, 0.4) is 0 Å². The standard InChI is InChI=1S/C24H28N2O5/c1-29-19-12-18(13-20(14-19)30-2)26-23(17-6-4-3-5-7-17)24(28)22(25)21(15-27)16-8-10-31-11-9-16/h3-7,12-16,23,25-27H,8-11H2,1-2H3/b21-15-,25-22?. The quantitative estimate of drug-likeness (QED) is 0.410. The number of hydrogen-bond acceptors (Lipinski definition) is 7. The van der Waals surface area contributed by atoms with E-state index in [1.807, 2.05) is 30.3 Å². The zero-order chi connectivity index (χ0) is 22.2. The molecule has 1 fully saturated rings. The van der Waals surface area contributed by atoms with E-state index in [0.29, 0.717) is 54.4 Å². The van der Waals surface area contributed by atoms with Crippen LogP contribution in [0.5, 0.6) is 11.5 Å². The van der Waals surface area contributed by atoms with Crippen LogP contribution in [0.4, 0.5) is 5.69 Å². The molecule has 0 amide bonds. The van der Waals surface area contributed by atoms with Crippen LogP contribution >= 0.6 is 0 Å². The Balaban J connectivity index is 1.92. The Labute approximate surface area is 182 Å². The average Bonchev–Trinajstić information content (AvgIpc) is 2.83. The summed E-state index contributed by atoms with van der Waals surface area (Å²) in [5.41, 5.74) is 1.47. The Bertz CT molecular complexity index is 914. The number of methoxy groups -OCH3 is 2. The van der Waals surface area contributed by atoms with Gasteiger partial charge in [-0.2, -0.15) is 0 Å². The second-order valence-electron chi connectivity index (χ2n) is 7.30. The maximum absolute atomic E-state index is 13.5. The van der Waals surface area contributed by atoms with E-state index in [-0.39, 0.29) is 11.6 Å². The van der Waals surface area contributed by atoms with E-state index in [1.165, 1.54) is 0 Å². The van der Waals surface area contributed by atoms with Gasteiger partial charge in [0, 0.05) is 42.7 Å². The second kappa shape index (κ2) is 10.6. The van der Waals surface area contributed by atoms with Crippen LogP contribution in [0.2, 0.25) is 0 Å². The summed E-state index contributed by atoms with van der Waals surface area (Å²) >= 11 is 0. The Morgan fingerprint density at radius 3 is 2.29 bits per heavy atom. The first-order valence-electron chi connectivity index (χ1n) is 10.2. The predicted octanol–water partition coefficient (Wildman–Crippen LogP) is 4.31. The Kier molecular flexibility index (Phi) is 7.67. The van der Waals surface area contributed by atoms with Gasteiger partial charge in [-0.15, -0.1) is 0 Å². The first kappa shape index (κ1) is 22.4. The number of nitrogens with one attached hydrogen (secondary N) is 2. The Morgan fingerprint density at radius 1 is 1.13 bits per heavy atom. The molecule has 31 heavy (non-hydrogen) atoms. The van der Waals surface area contributed by atoms with E-state index in [2.05, 4.69) is 5.32 Å². The molecule has 2 aromatic carbocycles. The predicted molar refractivity (Wildman–Crippen MR) is 119 cm³/mol. The third kappa shape index (κ3) is 5.44. The zero-order valence-corrected chi connectivity index (χ0v) is 17.8. The van der Waals surface area contributed by atoms with Crippen molar-refractivity contribution in [2.24, 2.45) is 5.92 Å². The number of hydrogen-bond donors (Lipinski definition) is 3. The van der Waals surface area contributed by atoms with Gasteiger partial charge in [0.2, 0.25) is 5.78 Å². The van der Waals surface area contributed by atoms with Gasteiger partial charge < -0.3 is 24.6 Å². The molecule has 0 saturated carbocycles. The molecule has 0 aliphatic carbocycles. The molecule has 0 aromatic heterocycles. The van der Waals surface area contributed by atoms with Crippen LogP contribution in [-0.4, -0.2) is 44.0 Å². The summed E-state index contributed by atoms with van der Waals surface area (Å²) in [4.78, 5) is 13.5. The highest BCUT2D eigenvalue weighted by molar-refractivity contribution is 6.46. The summed E-state index contributed by atoms with van der Waals surface area (Å²) in [6.07, 6.45) is 2.23. The van der Waals surface area contributed by atoms with Gasteiger partial charge in [-0.1, -0.05) is 30.3 Å². The van der Waals surface area contributed by atoms with Crippen molar-refractivity contribution in [1.82, 2.24) is 0 Å². The lowest BCUT2D eigenvalue weighted by Gasteiger charge is -2.26. The van der Waals surface area contributed by atoms with Gasteiger partial charge in [0.1, 0.15) is 23.3 Å². The smallest absolute Gasteiger partial charge is 0.207 e. The molecule has 164 valence electrons. The number of ether oxygens (including phenoxy) is 3. The van der Waals surface area contributed by atoms with Crippen molar-refractivity contribution in [3.63, 3.8) is 0 Å². The van der Waals surface area contributed by atoms with E-state index in [0.717, 1.165) is 6.26 Å².